The van der Waals surface area contributed by atoms with Crippen molar-refractivity contribution in [3.8, 4) is 0 Å². The summed E-state index contributed by atoms with van der Waals surface area (Å²) in [5.74, 6) is -0.0516. The Labute approximate surface area is 175 Å². The highest BCUT2D eigenvalue weighted by Crippen LogP contribution is 2.51. The number of aromatic amines is 1. The fourth-order valence-electron chi connectivity index (χ4n) is 5.18. The zero-order valence-electron chi connectivity index (χ0n) is 17.4. The maximum atomic E-state index is 14.2. The second-order valence-corrected chi connectivity index (χ2v) is 7.95. The van der Waals surface area contributed by atoms with Crippen molar-refractivity contribution in [2.75, 3.05) is 24.5 Å². The molecule has 0 bridgehead atoms. The van der Waals surface area contributed by atoms with Gasteiger partial charge in [0.2, 0.25) is 0 Å². The van der Waals surface area contributed by atoms with E-state index in [1.54, 1.807) is 4.90 Å². The fourth-order valence-corrected chi connectivity index (χ4v) is 5.18. The molecule has 30 heavy (non-hydrogen) atoms. The van der Waals surface area contributed by atoms with Crippen LogP contribution in [0.3, 0.4) is 0 Å². The van der Waals surface area contributed by atoms with E-state index in [1.165, 1.54) is 0 Å². The molecule has 1 aromatic heterocycles. The number of para-hydroxylation sites is 2. The maximum Gasteiger partial charge on any atom is 0.318 e. The number of amides is 3. The second kappa shape index (κ2) is 6.90. The van der Waals surface area contributed by atoms with Crippen LogP contribution in [0.5, 0.6) is 0 Å². The first-order chi connectivity index (χ1) is 14.6. The summed E-state index contributed by atoms with van der Waals surface area (Å²) in [5.41, 5.74) is 3.56. The summed E-state index contributed by atoms with van der Waals surface area (Å²) in [5, 5.41) is 4.06. The third-order valence-corrected chi connectivity index (χ3v) is 6.33. The molecule has 0 aliphatic carbocycles. The molecule has 6 heteroatoms. The van der Waals surface area contributed by atoms with Crippen molar-refractivity contribution < 1.29 is 9.59 Å². The number of hydrogen-bond donors (Lipinski definition) is 2. The van der Waals surface area contributed by atoms with Gasteiger partial charge in [0, 0.05) is 36.1 Å². The number of aromatic nitrogens is 1. The number of fused-ring (bicyclic) bond motifs is 6. The lowest BCUT2D eigenvalue weighted by Gasteiger charge is -2.43. The number of anilines is 1. The van der Waals surface area contributed by atoms with Gasteiger partial charge in [0.1, 0.15) is 0 Å². The number of carbonyl (C=O) groups excluding carboxylic acids is 2. The first kappa shape index (κ1) is 18.7. The van der Waals surface area contributed by atoms with Crippen LogP contribution in [0.2, 0.25) is 0 Å². The Morgan fingerprint density at radius 1 is 1.13 bits per heavy atom. The Kier molecular flexibility index (Phi) is 4.31. The van der Waals surface area contributed by atoms with Crippen molar-refractivity contribution in [2.45, 2.75) is 32.2 Å². The molecule has 3 heterocycles. The molecule has 2 aromatic carbocycles. The highest BCUT2D eigenvalue weighted by atomic mass is 16.2. The zero-order chi connectivity index (χ0) is 20.9. The van der Waals surface area contributed by atoms with Gasteiger partial charge < -0.3 is 20.1 Å². The Morgan fingerprint density at radius 3 is 2.70 bits per heavy atom. The molecule has 1 spiro atoms. The van der Waals surface area contributed by atoms with E-state index in [-0.39, 0.29) is 11.9 Å². The molecule has 0 saturated carbocycles. The Hall–Kier alpha value is -3.28. The summed E-state index contributed by atoms with van der Waals surface area (Å²) in [6.07, 6.45) is 1.55. The molecule has 2 aliphatic heterocycles. The molecule has 1 unspecified atom stereocenters. The largest absolute Gasteiger partial charge is 0.355 e. The van der Waals surface area contributed by atoms with Gasteiger partial charge in [-0.15, -0.1) is 0 Å². The van der Waals surface area contributed by atoms with Crippen molar-refractivity contribution >= 4 is 28.5 Å². The van der Waals surface area contributed by atoms with E-state index in [2.05, 4.69) is 23.3 Å². The molecular formula is C24H26N4O2. The van der Waals surface area contributed by atoms with Crippen LogP contribution < -0.4 is 10.2 Å². The van der Waals surface area contributed by atoms with Crippen molar-refractivity contribution in [3.05, 3.63) is 65.4 Å². The van der Waals surface area contributed by atoms with Gasteiger partial charge in [0.05, 0.1) is 11.4 Å². The van der Waals surface area contributed by atoms with Crippen molar-refractivity contribution in [1.29, 1.82) is 0 Å². The third-order valence-electron chi connectivity index (χ3n) is 6.33. The highest BCUT2D eigenvalue weighted by molar-refractivity contribution is 6.12. The topological polar surface area (TPSA) is 68.4 Å². The molecule has 3 amide bonds. The van der Waals surface area contributed by atoms with Crippen LogP contribution in [-0.2, 0) is 16.8 Å². The number of H-pyrrole nitrogens is 1. The summed E-state index contributed by atoms with van der Waals surface area (Å²) >= 11 is 0. The van der Waals surface area contributed by atoms with Crippen LogP contribution in [0.25, 0.3) is 10.9 Å². The highest BCUT2D eigenvalue weighted by Gasteiger charge is 2.60. The van der Waals surface area contributed by atoms with E-state index >= 15 is 0 Å². The molecule has 6 nitrogen and oxygen atoms in total. The lowest BCUT2D eigenvalue weighted by atomic mass is 9.80. The molecule has 3 aromatic rings. The molecule has 0 saturated heterocycles. The Morgan fingerprint density at radius 2 is 1.90 bits per heavy atom. The van der Waals surface area contributed by atoms with Crippen molar-refractivity contribution in [1.82, 2.24) is 15.2 Å². The quantitative estimate of drug-likeness (QED) is 0.701. The van der Waals surface area contributed by atoms with E-state index < -0.39 is 5.54 Å². The Balaban J connectivity index is 1.84. The van der Waals surface area contributed by atoms with Gasteiger partial charge in [0.15, 0.2) is 5.54 Å². The Bertz CT molecular complexity index is 1150. The van der Waals surface area contributed by atoms with Crippen LogP contribution in [0, 0.1) is 0 Å². The van der Waals surface area contributed by atoms with Crippen molar-refractivity contribution in [3.63, 3.8) is 0 Å². The number of hydrogen-bond acceptors (Lipinski definition) is 2. The SMILES string of the molecule is CCCN1C(=O)C2(c3ccccc31)c1[nH]c3ccccc3c1CCN2C(=O)NCC. The molecule has 2 N–H and O–H groups in total. The predicted octanol–water partition coefficient (Wildman–Crippen LogP) is 3.76. The number of nitrogens with zero attached hydrogens (tertiary/aromatic N) is 2. The van der Waals surface area contributed by atoms with Crippen LogP contribution in [0.15, 0.2) is 48.5 Å². The molecule has 1 atom stereocenters. The van der Waals surface area contributed by atoms with Crippen molar-refractivity contribution in [2.24, 2.45) is 0 Å². The predicted molar refractivity (Wildman–Crippen MR) is 118 cm³/mol. The van der Waals surface area contributed by atoms with Gasteiger partial charge in [-0.1, -0.05) is 43.3 Å². The number of nitrogens with one attached hydrogen (secondary N) is 2. The minimum absolute atomic E-state index is 0.0516. The first-order valence-electron chi connectivity index (χ1n) is 10.7. The summed E-state index contributed by atoms with van der Waals surface area (Å²) in [7, 11) is 0. The van der Waals surface area contributed by atoms with Gasteiger partial charge in [-0.05, 0) is 37.5 Å². The number of benzene rings is 2. The van der Waals surface area contributed by atoms with E-state index in [9.17, 15) is 9.59 Å². The van der Waals surface area contributed by atoms with Gasteiger partial charge >= 0.3 is 6.03 Å². The minimum Gasteiger partial charge on any atom is -0.355 e. The smallest absolute Gasteiger partial charge is 0.318 e. The number of carbonyl (C=O) groups is 2. The lowest BCUT2D eigenvalue weighted by Crippen LogP contribution is -2.61. The van der Waals surface area contributed by atoms with E-state index in [0.717, 1.165) is 39.8 Å². The van der Waals surface area contributed by atoms with E-state index in [4.69, 9.17) is 0 Å². The van der Waals surface area contributed by atoms with E-state index in [0.29, 0.717) is 26.1 Å². The van der Waals surface area contributed by atoms with Gasteiger partial charge in [-0.2, -0.15) is 0 Å². The molecule has 154 valence electrons. The fraction of sp³-hybridized carbons (Fsp3) is 0.333. The van der Waals surface area contributed by atoms with E-state index in [1.807, 2.05) is 54.3 Å². The van der Waals surface area contributed by atoms with Gasteiger partial charge in [-0.3, -0.25) is 4.79 Å². The number of rotatable bonds is 3. The molecule has 0 fully saturated rings. The summed E-state index contributed by atoms with van der Waals surface area (Å²) in [6.45, 7) is 5.59. The summed E-state index contributed by atoms with van der Waals surface area (Å²) in [4.78, 5) is 34.5. The van der Waals surface area contributed by atoms with Gasteiger partial charge in [-0.25, -0.2) is 4.79 Å². The monoisotopic (exact) mass is 402 g/mol. The normalized spacial score (nSPS) is 20.0. The molecular weight excluding hydrogens is 376 g/mol. The lowest BCUT2D eigenvalue weighted by molar-refractivity contribution is -0.126. The number of urea groups is 1. The van der Waals surface area contributed by atoms with Crippen LogP contribution in [0.4, 0.5) is 10.5 Å². The minimum atomic E-state index is -1.17. The van der Waals surface area contributed by atoms with Crippen LogP contribution in [-0.4, -0.2) is 41.5 Å². The van der Waals surface area contributed by atoms with Crippen LogP contribution >= 0.6 is 0 Å². The average Bonchev–Trinajstić information content (AvgIpc) is 3.25. The standard InChI is InChI=1S/C24H26N4O2/c1-3-14-27-20-12-8-6-10-18(20)24(22(27)29)21-17(13-15-28(24)23(30)25-4-2)16-9-5-7-11-19(16)26-21/h5-12,26H,3-4,13-15H2,1-2H3,(H,25,30). The molecule has 0 radical (unpaired) electrons. The second-order valence-electron chi connectivity index (χ2n) is 7.95. The zero-order valence-corrected chi connectivity index (χ0v) is 17.4. The summed E-state index contributed by atoms with van der Waals surface area (Å²) in [6, 6.07) is 15.8. The van der Waals surface area contributed by atoms with Gasteiger partial charge in [0.25, 0.3) is 5.91 Å². The maximum absolute atomic E-state index is 14.2. The average molecular weight is 402 g/mol. The third kappa shape index (κ3) is 2.30. The molecule has 5 rings (SSSR count). The summed E-state index contributed by atoms with van der Waals surface area (Å²) < 4.78 is 0. The molecule has 2 aliphatic rings. The van der Waals surface area contributed by atoms with Crippen LogP contribution in [0.1, 0.15) is 37.1 Å². The first-order valence-corrected chi connectivity index (χ1v) is 10.7.